The van der Waals surface area contributed by atoms with Gasteiger partial charge in [0.2, 0.25) is 10.0 Å². The molecule has 1 aliphatic rings. The van der Waals surface area contributed by atoms with Crippen LogP contribution in [0.5, 0.6) is 5.75 Å². The van der Waals surface area contributed by atoms with E-state index in [9.17, 15) is 13.2 Å². The predicted molar refractivity (Wildman–Crippen MR) is 94.2 cm³/mol. The summed E-state index contributed by atoms with van der Waals surface area (Å²) in [5.41, 5.74) is 5.05. The van der Waals surface area contributed by atoms with Crippen molar-refractivity contribution < 1.29 is 17.9 Å². The standard InChI is InChI=1S/C14H20ClN3O4S.ClH/c1-17-8-11-3-2-6-18(11)23(20,21)13-7-10(15)4-5-12(13)22-9-14(16)19;/h4-5,7,11,17H,2-3,6,8-9H2,1H3,(H2,16,19);1H. The number of amides is 1. The maximum absolute atomic E-state index is 13.0. The van der Waals surface area contributed by atoms with Crippen molar-refractivity contribution in [2.75, 3.05) is 26.7 Å². The molecule has 0 radical (unpaired) electrons. The summed E-state index contributed by atoms with van der Waals surface area (Å²) in [6, 6.07) is 4.16. The van der Waals surface area contributed by atoms with Gasteiger partial charge in [-0.2, -0.15) is 4.31 Å². The molecular formula is C14H21Cl2N3O4S. The number of primary amides is 1. The molecule has 1 aliphatic heterocycles. The molecule has 0 bridgehead atoms. The van der Waals surface area contributed by atoms with Crippen molar-refractivity contribution >= 4 is 39.9 Å². The number of benzene rings is 1. The summed E-state index contributed by atoms with van der Waals surface area (Å²) in [6.45, 7) is 0.609. The molecule has 0 aliphatic carbocycles. The van der Waals surface area contributed by atoms with E-state index in [4.69, 9.17) is 22.1 Å². The molecule has 0 aromatic heterocycles. The number of sulfonamides is 1. The molecule has 1 fully saturated rings. The van der Waals surface area contributed by atoms with Crippen LogP contribution in [0.15, 0.2) is 23.1 Å². The largest absolute Gasteiger partial charge is 0.482 e. The maximum atomic E-state index is 13.0. The third kappa shape index (κ3) is 4.73. The Labute approximate surface area is 152 Å². The van der Waals surface area contributed by atoms with Crippen LogP contribution in [0.25, 0.3) is 0 Å². The number of hydrogen-bond acceptors (Lipinski definition) is 5. The van der Waals surface area contributed by atoms with Gasteiger partial charge in [-0.3, -0.25) is 4.79 Å². The Balaban J connectivity index is 0.00000288. The van der Waals surface area contributed by atoms with Gasteiger partial charge in [-0.25, -0.2) is 8.42 Å². The average molecular weight is 398 g/mol. The van der Waals surface area contributed by atoms with Gasteiger partial charge in [0.1, 0.15) is 10.6 Å². The lowest BCUT2D eigenvalue weighted by Gasteiger charge is -2.25. The quantitative estimate of drug-likeness (QED) is 0.714. The van der Waals surface area contributed by atoms with Gasteiger partial charge in [0.25, 0.3) is 5.91 Å². The number of nitrogens with zero attached hydrogens (tertiary/aromatic N) is 1. The molecule has 0 spiro atoms. The van der Waals surface area contributed by atoms with Gasteiger partial charge in [0.05, 0.1) is 0 Å². The molecule has 1 atom stereocenters. The van der Waals surface area contributed by atoms with Gasteiger partial charge >= 0.3 is 0 Å². The maximum Gasteiger partial charge on any atom is 0.255 e. The fourth-order valence-corrected chi connectivity index (χ4v) is 4.73. The van der Waals surface area contributed by atoms with Gasteiger partial charge in [-0.15, -0.1) is 12.4 Å². The normalized spacial score (nSPS) is 18.2. The van der Waals surface area contributed by atoms with E-state index in [1.54, 1.807) is 7.05 Å². The first-order valence-electron chi connectivity index (χ1n) is 7.23. The molecule has 3 N–H and O–H groups in total. The molecule has 10 heteroatoms. The van der Waals surface area contributed by atoms with Crippen LogP contribution in [0.1, 0.15) is 12.8 Å². The third-order valence-corrected chi connectivity index (χ3v) is 5.83. The number of likely N-dealkylation sites (N-methyl/N-ethyl adjacent to an activating group) is 1. The van der Waals surface area contributed by atoms with Crippen LogP contribution >= 0.6 is 24.0 Å². The number of carbonyl (C=O) groups excluding carboxylic acids is 1. The zero-order valence-corrected chi connectivity index (χ0v) is 15.6. The minimum atomic E-state index is -3.78. The van der Waals surface area contributed by atoms with Crippen LogP contribution in [-0.4, -0.2) is 51.4 Å². The topological polar surface area (TPSA) is 102 Å². The molecule has 1 unspecified atom stereocenters. The van der Waals surface area contributed by atoms with Crippen molar-refractivity contribution in [1.82, 2.24) is 9.62 Å². The van der Waals surface area contributed by atoms with Gasteiger partial charge in [0.15, 0.2) is 6.61 Å². The molecular weight excluding hydrogens is 377 g/mol. The second kappa shape index (κ2) is 8.87. The lowest BCUT2D eigenvalue weighted by molar-refractivity contribution is -0.120. The highest BCUT2D eigenvalue weighted by Gasteiger charge is 2.36. The second-order valence-electron chi connectivity index (χ2n) is 5.32. The van der Waals surface area contributed by atoms with Crippen molar-refractivity contribution in [1.29, 1.82) is 0 Å². The Hall–Kier alpha value is -1.06. The monoisotopic (exact) mass is 397 g/mol. The minimum absolute atomic E-state index is 0. The molecule has 136 valence electrons. The summed E-state index contributed by atoms with van der Waals surface area (Å²) < 4.78 is 32.7. The Bertz CT molecular complexity index is 685. The van der Waals surface area contributed by atoms with E-state index in [1.165, 1.54) is 22.5 Å². The lowest BCUT2D eigenvalue weighted by atomic mass is 10.2. The minimum Gasteiger partial charge on any atom is -0.482 e. The van der Waals surface area contributed by atoms with E-state index in [1.807, 2.05) is 0 Å². The summed E-state index contributed by atoms with van der Waals surface area (Å²) in [7, 11) is -2.00. The summed E-state index contributed by atoms with van der Waals surface area (Å²) in [5.74, 6) is -0.610. The van der Waals surface area contributed by atoms with Crippen LogP contribution in [0.2, 0.25) is 5.02 Å². The fraction of sp³-hybridized carbons (Fsp3) is 0.500. The van der Waals surface area contributed by atoms with Crippen LogP contribution in [0.4, 0.5) is 0 Å². The van der Waals surface area contributed by atoms with Crippen LogP contribution in [0.3, 0.4) is 0 Å². The van der Waals surface area contributed by atoms with Crippen molar-refractivity contribution in [2.45, 2.75) is 23.8 Å². The molecule has 1 amide bonds. The van der Waals surface area contributed by atoms with Gasteiger partial charge in [-0.05, 0) is 38.1 Å². The van der Waals surface area contributed by atoms with Crippen molar-refractivity contribution in [3.8, 4) is 5.75 Å². The number of ether oxygens (including phenoxy) is 1. The number of carbonyl (C=O) groups is 1. The Morgan fingerprint density at radius 2 is 2.21 bits per heavy atom. The second-order valence-corrected chi connectivity index (χ2v) is 7.61. The van der Waals surface area contributed by atoms with E-state index in [-0.39, 0.29) is 34.1 Å². The predicted octanol–water partition coefficient (Wildman–Crippen LogP) is 0.998. The van der Waals surface area contributed by atoms with Crippen molar-refractivity contribution in [2.24, 2.45) is 5.73 Å². The lowest BCUT2D eigenvalue weighted by Crippen LogP contribution is -2.40. The smallest absolute Gasteiger partial charge is 0.255 e. The zero-order chi connectivity index (χ0) is 17.0. The Morgan fingerprint density at radius 3 is 2.83 bits per heavy atom. The highest BCUT2D eigenvalue weighted by atomic mass is 35.5. The number of nitrogens with two attached hydrogens (primary N) is 1. The van der Waals surface area contributed by atoms with E-state index < -0.39 is 22.5 Å². The highest BCUT2D eigenvalue weighted by Crippen LogP contribution is 2.33. The summed E-state index contributed by atoms with van der Waals surface area (Å²) in [6.07, 6.45) is 1.59. The Kier molecular flexibility index (Phi) is 7.75. The average Bonchev–Trinajstić information content (AvgIpc) is 2.95. The molecule has 2 rings (SSSR count). The molecule has 24 heavy (non-hydrogen) atoms. The van der Waals surface area contributed by atoms with Crippen LogP contribution in [-0.2, 0) is 14.8 Å². The van der Waals surface area contributed by atoms with Gasteiger partial charge in [0, 0.05) is 24.2 Å². The number of nitrogens with one attached hydrogen (secondary N) is 1. The summed E-state index contributed by atoms with van der Waals surface area (Å²) in [4.78, 5) is 10.9. The number of hydrogen-bond donors (Lipinski definition) is 2. The van der Waals surface area contributed by atoms with Gasteiger partial charge in [-0.1, -0.05) is 11.6 Å². The molecule has 0 saturated carbocycles. The van der Waals surface area contributed by atoms with Crippen molar-refractivity contribution in [3.05, 3.63) is 23.2 Å². The fourth-order valence-electron chi connectivity index (χ4n) is 2.64. The number of halogens is 2. The van der Waals surface area contributed by atoms with Gasteiger partial charge < -0.3 is 15.8 Å². The Morgan fingerprint density at radius 1 is 1.50 bits per heavy atom. The van der Waals surface area contributed by atoms with Crippen LogP contribution in [0, 0.1) is 0 Å². The van der Waals surface area contributed by atoms with E-state index in [0.29, 0.717) is 13.1 Å². The summed E-state index contributed by atoms with van der Waals surface area (Å²) in [5, 5.41) is 3.28. The summed E-state index contributed by atoms with van der Waals surface area (Å²) >= 11 is 5.95. The molecule has 7 nitrogen and oxygen atoms in total. The van der Waals surface area contributed by atoms with Crippen LogP contribution < -0.4 is 15.8 Å². The van der Waals surface area contributed by atoms with E-state index in [2.05, 4.69) is 5.32 Å². The first kappa shape index (κ1) is 21.0. The molecule has 1 aromatic carbocycles. The molecule has 1 saturated heterocycles. The zero-order valence-electron chi connectivity index (χ0n) is 13.2. The van der Waals surface area contributed by atoms with E-state index in [0.717, 1.165) is 12.8 Å². The van der Waals surface area contributed by atoms with Crippen molar-refractivity contribution in [3.63, 3.8) is 0 Å². The molecule has 1 aromatic rings. The number of rotatable bonds is 7. The first-order chi connectivity index (χ1) is 10.9. The SMILES string of the molecule is CNCC1CCCN1S(=O)(=O)c1cc(Cl)ccc1OCC(N)=O.Cl. The van der Waals surface area contributed by atoms with E-state index >= 15 is 0 Å². The third-order valence-electron chi connectivity index (χ3n) is 3.63. The highest BCUT2D eigenvalue weighted by molar-refractivity contribution is 7.89. The molecule has 1 heterocycles. The first-order valence-corrected chi connectivity index (χ1v) is 9.05.